The Bertz CT molecular complexity index is 1310. The molecular formula is C30H30N2O4. The molecule has 1 spiro atoms. The summed E-state index contributed by atoms with van der Waals surface area (Å²) in [5.41, 5.74) is 3.70. The van der Waals surface area contributed by atoms with Crippen molar-refractivity contribution >= 4 is 12.0 Å². The van der Waals surface area contributed by atoms with Crippen LogP contribution in [0.15, 0.2) is 78.4 Å². The van der Waals surface area contributed by atoms with E-state index in [1.54, 1.807) is 24.3 Å². The summed E-state index contributed by atoms with van der Waals surface area (Å²) >= 11 is 0. The molecule has 1 unspecified atom stereocenters. The molecule has 2 fully saturated rings. The lowest BCUT2D eigenvalue weighted by atomic mass is 9.63. The highest BCUT2D eigenvalue weighted by Gasteiger charge is 2.54. The highest BCUT2D eigenvalue weighted by atomic mass is 16.5. The molecule has 3 aromatic carbocycles. The fourth-order valence-corrected chi connectivity index (χ4v) is 6.15. The third-order valence-electron chi connectivity index (χ3n) is 7.97. The number of benzene rings is 3. The van der Waals surface area contributed by atoms with E-state index in [1.807, 2.05) is 35.2 Å². The molecule has 2 saturated heterocycles. The standard InChI is InChI=1S/C30H30N2O4/c33-25-10-11-27-23(17-25)16-24(19-36-27)29(35)31-14-12-30(13-15-31)20-32(18-22-8-4-5-9-26(22)34)28(30)21-6-2-1-3-7-21/h1-11,16-17,28,33-34H,12-15,18-20H2. The molecule has 6 rings (SSSR count). The number of likely N-dealkylation sites (tertiary alicyclic amines) is 2. The number of carbonyl (C=O) groups is 1. The SMILES string of the molecule is O=C(C1=Cc2cc(O)ccc2OC1)N1CCC2(CC1)CN(Cc1ccccc1O)C2c1ccccc1. The number of carbonyl (C=O) groups excluding carboxylic acids is 1. The van der Waals surface area contributed by atoms with Gasteiger partial charge in [0.05, 0.1) is 5.57 Å². The molecule has 36 heavy (non-hydrogen) atoms. The third kappa shape index (κ3) is 4.01. The lowest BCUT2D eigenvalue weighted by molar-refractivity contribution is -0.141. The van der Waals surface area contributed by atoms with Gasteiger partial charge in [-0.15, -0.1) is 0 Å². The molecule has 3 heterocycles. The van der Waals surface area contributed by atoms with Crippen molar-refractivity contribution < 1.29 is 19.7 Å². The summed E-state index contributed by atoms with van der Waals surface area (Å²) in [7, 11) is 0. The number of nitrogens with zero attached hydrogens (tertiary/aromatic N) is 2. The van der Waals surface area contributed by atoms with Crippen molar-refractivity contribution in [2.24, 2.45) is 5.41 Å². The number of piperidine rings is 1. The number of hydrogen-bond donors (Lipinski definition) is 2. The van der Waals surface area contributed by atoms with Crippen molar-refractivity contribution in [1.82, 2.24) is 9.80 Å². The van der Waals surface area contributed by atoms with Gasteiger partial charge in [0.25, 0.3) is 5.91 Å². The van der Waals surface area contributed by atoms with Crippen LogP contribution in [-0.4, -0.2) is 52.2 Å². The predicted octanol–water partition coefficient (Wildman–Crippen LogP) is 4.74. The summed E-state index contributed by atoms with van der Waals surface area (Å²) in [6.45, 7) is 3.31. The molecule has 1 atom stereocenters. The van der Waals surface area contributed by atoms with E-state index in [-0.39, 0.29) is 29.7 Å². The Morgan fingerprint density at radius 3 is 2.50 bits per heavy atom. The fraction of sp³-hybridized carbons (Fsp3) is 0.300. The molecule has 0 saturated carbocycles. The number of hydrogen-bond acceptors (Lipinski definition) is 5. The van der Waals surface area contributed by atoms with E-state index in [9.17, 15) is 15.0 Å². The second-order valence-electron chi connectivity index (χ2n) is 10.2. The maximum absolute atomic E-state index is 13.3. The van der Waals surface area contributed by atoms with E-state index < -0.39 is 0 Å². The third-order valence-corrected chi connectivity index (χ3v) is 7.97. The smallest absolute Gasteiger partial charge is 0.253 e. The van der Waals surface area contributed by atoms with E-state index in [0.717, 1.165) is 30.5 Å². The van der Waals surface area contributed by atoms with E-state index in [0.29, 0.717) is 36.7 Å². The minimum atomic E-state index is 0.0143. The van der Waals surface area contributed by atoms with Crippen LogP contribution in [0.4, 0.5) is 0 Å². The van der Waals surface area contributed by atoms with Gasteiger partial charge in [0.15, 0.2) is 0 Å². The van der Waals surface area contributed by atoms with Gasteiger partial charge in [0.2, 0.25) is 0 Å². The number of phenols is 2. The molecule has 3 aliphatic heterocycles. The molecule has 3 aromatic rings. The number of ether oxygens (including phenoxy) is 1. The van der Waals surface area contributed by atoms with Crippen molar-refractivity contribution in [1.29, 1.82) is 0 Å². The van der Waals surface area contributed by atoms with Crippen molar-refractivity contribution in [2.45, 2.75) is 25.4 Å². The Labute approximate surface area is 211 Å². The number of amides is 1. The Morgan fingerprint density at radius 2 is 1.72 bits per heavy atom. The van der Waals surface area contributed by atoms with Gasteiger partial charge in [-0.3, -0.25) is 9.69 Å². The van der Waals surface area contributed by atoms with Crippen molar-refractivity contribution in [3.05, 3.63) is 95.1 Å². The van der Waals surface area contributed by atoms with Gasteiger partial charge in [0.1, 0.15) is 23.9 Å². The zero-order valence-corrected chi connectivity index (χ0v) is 20.1. The summed E-state index contributed by atoms with van der Waals surface area (Å²) < 4.78 is 5.78. The predicted molar refractivity (Wildman–Crippen MR) is 138 cm³/mol. The lowest BCUT2D eigenvalue weighted by Gasteiger charge is -2.61. The van der Waals surface area contributed by atoms with Crippen LogP contribution in [0, 0.1) is 5.41 Å². The van der Waals surface area contributed by atoms with Crippen LogP contribution >= 0.6 is 0 Å². The molecule has 6 nitrogen and oxygen atoms in total. The largest absolute Gasteiger partial charge is 0.508 e. The van der Waals surface area contributed by atoms with Crippen molar-refractivity contribution in [3.63, 3.8) is 0 Å². The van der Waals surface area contributed by atoms with E-state index in [2.05, 4.69) is 29.2 Å². The maximum atomic E-state index is 13.3. The second-order valence-corrected chi connectivity index (χ2v) is 10.2. The average Bonchev–Trinajstić information content (AvgIpc) is 2.89. The van der Waals surface area contributed by atoms with Gasteiger partial charge in [-0.2, -0.15) is 0 Å². The number of fused-ring (bicyclic) bond motifs is 1. The molecule has 0 radical (unpaired) electrons. The average molecular weight is 483 g/mol. The molecule has 1 amide bonds. The Kier molecular flexibility index (Phi) is 5.69. The molecule has 0 bridgehead atoms. The van der Waals surface area contributed by atoms with E-state index in [4.69, 9.17) is 4.74 Å². The Hall–Kier alpha value is -3.77. The van der Waals surface area contributed by atoms with Gasteiger partial charge in [-0.25, -0.2) is 0 Å². The zero-order valence-electron chi connectivity index (χ0n) is 20.1. The van der Waals surface area contributed by atoms with Crippen LogP contribution in [0.3, 0.4) is 0 Å². The number of phenolic OH excluding ortho intramolecular Hbond substituents is 2. The van der Waals surface area contributed by atoms with Crippen LogP contribution in [0.25, 0.3) is 6.08 Å². The number of para-hydroxylation sites is 1. The molecule has 0 aliphatic carbocycles. The summed E-state index contributed by atoms with van der Waals surface area (Å²) in [6, 6.07) is 23.4. The van der Waals surface area contributed by atoms with E-state index in [1.165, 1.54) is 5.56 Å². The second kappa shape index (κ2) is 9.03. The lowest BCUT2D eigenvalue weighted by Crippen LogP contribution is -2.62. The Morgan fingerprint density at radius 1 is 0.972 bits per heavy atom. The molecule has 6 heteroatoms. The van der Waals surface area contributed by atoms with Crippen molar-refractivity contribution in [3.8, 4) is 17.2 Å². The topological polar surface area (TPSA) is 73.2 Å². The van der Waals surface area contributed by atoms with Crippen molar-refractivity contribution in [2.75, 3.05) is 26.2 Å². The van der Waals surface area contributed by atoms with Crippen LogP contribution in [-0.2, 0) is 11.3 Å². The van der Waals surface area contributed by atoms with Gasteiger partial charge in [-0.1, -0.05) is 48.5 Å². The van der Waals surface area contributed by atoms with Crippen LogP contribution in [0.2, 0.25) is 0 Å². The fourth-order valence-electron chi connectivity index (χ4n) is 6.15. The summed E-state index contributed by atoms with van der Waals surface area (Å²) in [5, 5.41) is 20.1. The molecular weight excluding hydrogens is 452 g/mol. The summed E-state index contributed by atoms with van der Waals surface area (Å²) in [6.07, 6.45) is 3.71. The first-order valence-electron chi connectivity index (χ1n) is 12.5. The van der Waals surface area contributed by atoms with Gasteiger partial charge in [0, 0.05) is 48.8 Å². The quantitative estimate of drug-likeness (QED) is 0.562. The highest BCUT2D eigenvalue weighted by molar-refractivity contribution is 5.99. The van der Waals surface area contributed by atoms with Crippen LogP contribution in [0.5, 0.6) is 17.2 Å². The molecule has 184 valence electrons. The molecule has 0 aromatic heterocycles. The maximum Gasteiger partial charge on any atom is 0.253 e. The zero-order chi connectivity index (χ0) is 24.7. The number of rotatable bonds is 4. The normalized spacial score (nSPS) is 20.7. The molecule has 3 aliphatic rings. The van der Waals surface area contributed by atoms with Gasteiger partial charge < -0.3 is 19.8 Å². The number of aromatic hydroxyl groups is 2. The minimum Gasteiger partial charge on any atom is -0.508 e. The Balaban J connectivity index is 1.18. The molecule has 2 N–H and O–H groups in total. The van der Waals surface area contributed by atoms with E-state index >= 15 is 0 Å². The first kappa shape index (κ1) is 22.7. The van der Waals surface area contributed by atoms with Crippen LogP contribution in [0.1, 0.15) is 35.6 Å². The highest BCUT2D eigenvalue weighted by Crippen LogP contribution is 2.55. The minimum absolute atomic E-state index is 0.0143. The first-order chi connectivity index (χ1) is 17.5. The van der Waals surface area contributed by atoms with Gasteiger partial charge in [-0.05, 0) is 48.7 Å². The monoisotopic (exact) mass is 482 g/mol. The first-order valence-corrected chi connectivity index (χ1v) is 12.5. The van der Waals surface area contributed by atoms with Crippen LogP contribution < -0.4 is 4.74 Å². The van der Waals surface area contributed by atoms with Gasteiger partial charge >= 0.3 is 0 Å². The summed E-state index contributed by atoms with van der Waals surface area (Å²) in [5.74, 6) is 1.20. The summed E-state index contributed by atoms with van der Waals surface area (Å²) in [4.78, 5) is 17.7.